The molecule has 0 amide bonds. The highest BCUT2D eigenvalue weighted by atomic mass is 35.5. The number of hydrogen-bond acceptors (Lipinski definition) is 2. The van der Waals surface area contributed by atoms with E-state index in [0.717, 1.165) is 27.8 Å². The van der Waals surface area contributed by atoms with Crippen molar-refractivity contribution >= 4 is 41.5 Å². The normalized spacial score (nSPS) is 9.38. The van der Waals surface area contributed by atoms with Gasteiger partial charge in [0.1, 0.15) is 0 Å². The molecule has 0 fully saturated rings. The third kappa shape index (κ3) is 4.12. The highest BCUT2D eigenvalue weighted by Gasteiger charge is 1.99. The fourth-order valence-electron chi connectivity index (χ4n) is 0.846. The average Bonchev–Trinajstić information content (AvgIpc) is 2.03. The van der Waals surface area contributed by atoms with Gasteiger partial charge >= 0.3 is 0 Å². The van der Waals surface area contributed by atoms with Crippen molar-refractivity contribution in [2.24, 2.45) is 0 Å². The van der Waals surface area contributed by atoms with Crippen molar-refractivity contribution in [1.29, 1.82) is 0 Å². The monoisotopic (exact) mass is 237 g/mol. The zero-order chi connectivity index (χ0) is 8.97. The summed E-state index contributed by atoms with van der Waals surface area (Å²) in [5.74, 6) is 1.10. The Hall–Kier alpha value is -0.0500. The van der Waals surface area contributed by atoms with Crippen molar-refractivity contribution in [3.63, 3.8) is 0 Å². The van der Waals surface area contributed by atoms with Crippen LogP contribution < -0.4 is 5.73 Å². The first-order valence-electron chi connectivity index (χ1n) is 3.92. The molecule has 0 atom stereocenters. The number of hydrogen-bond donors (Lipinski definition) is 1. The summed E-state index contributed by atoms with van der Waals surface area (Å²) >= 11 is 7.73. The molecule has 0 aliphatic heterocycles. The van der Waals surface area contributed by atoms with Crippen LogP contribution in [0.2, 0.25) is 5.02 Å². The lowest BCUT2D eigenvalue weighted by molar-refractivity contribution is 1.10. The first-order chi connectivity index (χ1) is 5.74. The highest BCUT2D eigenvalue weighted by molar-refractivity contribution is 7.99. The summed E-state index contributed by atoms with van der Waals surface area (Å²) in [6, 6.07) is 5.64. The van der Waals surface area contributed by atoms with Crippen molar-refractivity contribution in [3.05, 3.63) is 23.2 Å². The van der Waals surface area contributed by atoms with Gasteiger partial charge in [0.15, 0.2) is 0 Å². The third-order valence-corrected chi connectivity index (χ3v) is 3.12. The zero-order valence-corrected chi connectivity index (χ0v) is 9.81. The van der Waals surface area contributed by atoms with Gasteiger partial charge in [-0.3, -0.25) is 0 Å². The van der Waals surface area contributed by atoms with Crippen molar-refractivity contribution in [2.75, 3.05) is 11.5 Å². The molecule has 1 aromatic carbocycles. The van der Waals surface area contributed by atoms with Crippen molar-refractivity contribution in [2.45, 2.75) is 18.2 Å². The summed E-state index contributed by atoms with van der Waals surface area (Å²) in [4.78, 5) is 1.12. The van der Waals surface area contributed by atoms with E-state index in [1.165, 1.54) is 0 Å². The van der Waals surface area contributed by atoms with Gasteiger partial charge in [-0.1, -0.05) is 18.5 Å². The van der Waals surface area contributed by atoms with Gasteiger partial charge in [-0.05, 0) is 30.4 Å². The molecule has 13 heavy (non-hydrogen) atoms. The van der Waals surface area contributed by atoms with Gasteiger partial charge in [-0.15, -0.1) is 24.2 Å². The largest absolute Gasteiger partial charge is 0.399 e. The molecule has 0 saturated heterocycles. The minimum Gasteiger partial charge on any atom is -0.399 e. The summed E-state index contributed by atoms with van der Waals surface area (Å²) in [5, 5.41) is 0.758. The van der Waals surface area contributed by atoms with E-state index in [1.54, 1.807) is 17.8 Å². The van der Waals surface area contributed by atoms with Gasteiger partial charge < -0.3 is 5.73 Å². The summed E-state index contributed by atoms with van der Waals surface area (Å²) in [5.41, 5.74) is 6.29. The number of nitrogens with two attached hydrogens (primary N) is 1. The van der Waals surface area contributed by atoms with Gasteiger partial charge in [-0.2, -0.15) is 0 Å². The standard InChI is InChI=1S/C9H12ClNS.ClH/c1-2-5-12-9-4-3-7(11)6-8(9)10;/h3-4,6H,2,5,11H2,1H3;1H. The topological polar surface area (TPSA) is 26.0 Å². The molecular formula is C9H13Cl2NS. The molecule has 0 aliphatic rings. The van der Waals surface area contributed by atoms with Crippen molar-refractivity contribution in [1.82, 2.24) is 0 Å². The number of nitrogen functional groups attached to an aromatic ring is 1. The molecular weight excluding hydrogens is 225 g/mol. The minimum atomic E-state index is 0. The molecule has 0 bridgehead atoms. The molecule has 1 rings (SSSR count). The van der Waals surface area contributed by atoms with Crippen LogP contribution in [0.25, 0.3) is 0 Å². The van der Waals surface area contributed by atoms with Crippen molar-refractivity contribution in [3.8, 4) is 0 Å². The summed E-state index contributed by atoms with van der Waals surface area (Å²) in [7, 11) is 0. The second kappa shape index (κ2) is 6.41. The van der Waals surface area contributed by atoms with Gasteiger partial charge in [0.2, 0.25) is 0 Å². The molecule has 1 aromatic rings. The fraction of sp³-hybridized carbons (Fsp3) is 0.333. The molecule has 0 radical (unpaired) electrons. The van der Waals surface area contributed by atoms with E-state index in [1.807, 2.05) is 12.1 Å². The summed E-state index contributed by atoms with van der Waals surface area (Å²) in [6.45, 7) is 2.15. The lowest BCUT2D eigenvalue weighted by Crippen LogP contribution is -1.85. The Bertz CT molecular complexity index is 266. The number of benzene rings is 1. The van der Waals surface area contributed by atoms with Crippen LogP contribution in [-0.4, -0.2) is 5.75 Å². The Balaban J connectivity index is 0.00000144. The molecule has 0 aliphatic carbocycles. The molecule has 0 spiro atoms. The van der Waals surface area contributed by atoms with Crippen LogP contribution >= 0.6 is 35.8 Å². The van der Waals surface area contributed by atoms with E-state index < -0.39 is 0 Å². The number of halogens is 2. The van der Waals surface area contributed by atoms with Gasteiger partial charge in [-0.25, -0.2) is 0 Å². The van der Waals surface area contributed by atoms with E-state index in [2.05, 4.69) is 6.92 Å². The van der Waals surface area contributed by atoms with Crippen LogP contribution in [0, 0.1) is 0 Å². The molecule has 1 nitrogen and oxygen atoms in total. The molecule has 0 unspecified atom stereocenters. The highest BCUT2D eigenvalue weighted by Crippen LogP contribution is 2.28. The van der Waals surface area contributed by atoms with Gasteiger partial charge in [0.05, 0.1) is 5.02 Å². The van der Waals surface area contributed by atoms with E-state index in [9.17, 15) is 0 Å². The predicted molar refractivity (Wildman–Crippen MR) is 64.1 cm³/mol. The Morgan fingerprint density at radius 3 is 2.69 bits per heavy atom. The Morgan fingerprint density at radius 2 is 2.15 bits per heavy atom. The van der Waals surface area contributed by atoms with E-state index >= 15 is 0 Å². The Kier molecular flexibility index (Phi) is 6.39. The molecule has 74 valence electrons. The minimum absolute atomic E-state index is 0. The van der Waals surface area contributed by atoms with Gasteiger partial charge in [0, 0.05) is 10.6 Å². The summed E-state index contributed by atoms with van der Waals surface area (Å²) in [6.07, 6.45) is 1.16. The zero-order valence-electron chi connectivity index (χ0n) is 7.42. The number of anilines is 1. The lowest BCUT2D eigenvalue weighted by Gasteiger charge is -2.02. The maximum atomic E-state index is 5.96. The maximum Gasteiger partial charge on any atom is 0.0562 e. The van der Waals surface area contributed by atoms with E-state index in [-0.39, 0.29) is 12.4 Å². The van der Waals surface area contributed by atoms with Crippen LogP contribution in [0.1, 0.15) is 13.3 Å². The van der Waals surface area contributed by atoms with Crippen LogP contribution in [0.5, 0.6) is 0 Å². The van der Waals surface area contributed by atoms with E-state index in [0.29, 0.717) is 0 Å². The first-order valence-corrected chi connectivity index (χ1v) is 5.28. The quantitative estimate of drug-likeness (QED) is 0.639. The van der Waals surface area contributed by atoms with Crippen LogP contribution in [-0.2, 0) is 0 Å². The SMILES string of the molecule is CCCSc1ccc(N)cc1Cl.Cl. The number of rotatable bonds is 3. The first kappa shape index (κ1) is 12.9. The van der Waals surface area contributed by atoms with Crippen LogP contribution in [0.15, 0.2) is 23.1 Å². The number of thioether (sulfide) groups is 1. The predicted octanol–water partition coefficient (Wildman–Crippen LogP) is 3.85. The average molecular weight is 238 g/mol. The molecule has 4 heteroatoms. The molecule has 0 aromatic heterocycles. The van der Waals surface area contributed by atoms with Crippen LogP contribution in [0.3, 0.4) is 0 Å². The second-order valence-electron chi connectivity index (χ2n) is 2.54. The smallest absolute Gasteiger partial charge is 0.0562 e. The third-order valence-electron chi connectivity index (χ3n) is 1.42. The molecule has 2 N–H and O–H groups in total. The van der Waals surface area contributed by atoms with Crippen molar-refractivity contribution < 1.29 is 0 Å². The second-order valence-corrected chi connectivity index (χ2v) is 4.08. The van der Waals surface area contributed by atoms with Crippen LogP contribution in [0.4, 0.5) is 5.69 Å². The van der Waals surface area contributed by atoms with Gasteiger partial charge in [0.25, 0.3) is 0 Å². The van der Waals surface area contributed by atoms with E-state index in [4.69, 9.17) is 17.3 Å². The molecule has 0 heterocycles. The fourth-order valence-corrected chi connectivity index (χ4v) is 1.98. The molecule has 0 saturated carbocycles. The maximum absolute atomic E-state index is 5.96. The Labute approximate surface area is 94.4 Å². The Morgan fingerprint density at radius 1 is 1.46 bits per heavy atom. The lowest BCUT2D eigenvalue weighted by atomic mass is 10.3. The summed E-state index contributed by atoms with van der Waals surface area (Å²) < 4.78 is 0.